The maximum absolute atomic E-state index is 8.83. The van der Waals surface area contributed by atoms with Crippen molar-refractivity contribution in [3.8, 4) is 6.07 Å². The van der Waals surface area contributed by atoms with Crippen molar-refractivity contribution in [2.45, 2.75) is 52.4 Å². The van der Waals surface area contributed by atoms with Crippen molar-refractivity contribution >= 4 is 0 Å². The van der Waals surface area contributed by atoms with E-state index in [4.69, 9.17) is 10.00 Å². The molecule has 1 fully saturated rings. The molecule has 0 aliphatic heterocycles. The second-order valence-electron chi connectivity index (χ2n) is 5.32. The molecule has 0 bridgehead atoms. The van der Waals surface area contributed by atoms with Gasteiger partial charge in [0.25, 0.3) is 0 Å². The summed E-state index contributed by atoms with van der Waals surface area (Å²) in [6.45, 7) is 5.74. The Morgan fingerprint density at radius 1 is 1.33 bits per heavy atom. The van der Waals surface area contributed by atoms with Crippen molar-refractivity contribution in [3.05, 3.63) is 0 Å². The number of rotatable bonds is 6. The lowest BCUT2D eigenvalue weighted by Gasteiger charge is -2.15. The molecule has 2 nitrogen and oxygen atoms in total. The SMILES string of the molecule is CC(C)(C#N)CCCOCC1CCCC1. The minimum atomic E-state index is -0.184. The normalized spacial score (nSPS) is 17.9. The van der Waals surface area contributed by atoms with Crippen LogP contribution < -0.4 is 0 Å². The van der Waals surface area contributed by atoms with E-state index in [2.05, 4.69) is 6.07 Å². The Morgan fingerprint density at radius 3 is 2.60 bits per heavy atom. The summed E-state index contributed by atoms with van der Waals surface area (Å²) in [6.07, 6.45) is 7.42. The highest BCUT2D eigenvalue weighted by atomic mass is 16.5. The molecule has 0 radical (unpaired) electrons. The molecule has 0 saturated heterocycles. The van der Waals surface area contributed by atoms with Gasteiger partial charge in [0.2, 0.25) is 0 Å². The molecule has 0 N–H and O–H groups in total. The quantitative estimate of drug-likeness (QED) is 0.627. The van der Waals surface area contributed by atoms with E-state index < -0.39 is 0 Å². The van der Waals surface area contributed by atoms with Crippen LogP contribution in [0.5, 0.6) is 0 Å². The molecular weight excluding hydrogens is 186 g/mol. The third-order valence-corrected chi connectivity index (χ3v) is 3.22. The molecule has 0 atom stereocenters. The van der Waals surface area contributed by atoms with Gasteiger partial charge in [0.15, 0.2) is 0 Å². The topological polar surface area (TPSA) is 33.0 Å². The number of hydrogen-bond acceptors (Lipinski definition) is 2. The van der Waals surface area contributed by atoms with Crippen LogP contribution in [0.2, 0.25) is 0 Å². The molecule has 0 heterocycles. The maximum Gasteiger partial charge on any atom is 0.0683 e. The largest absolute Gasteiger partial charge is 0.381 e. The molecular formula is C13H23NO. The van der Waals surface area contributed by atoms with E-state index in [1.165, 1.54) is 25.7 Å². The molecule has 1 aliphatic carbocycles. The first kappa shape index (κ1) is 12.5. The molecule has 15 heavy (non-hydrogen) atoms. The predicted molar refractivity (Wildman–Crippen MR) is 61.4 cm³/mol. The highest BCUT2D eigenvalue weighted by Crippen LogP contribution is 2.25. The fourth-order valence-electron chi connectivity index (χ4n) is 2.10. The zero-order valence-electron chi connectivity index (χ0n) is 10.1. The summed E-state index contributed by atoms with van der Waals surface area (Å²) in [5.41, 5.74) is -0.184. The standard InChI is InChI=1S/C13H23NO/c1-13(2,11-14)8-5-9-15-10-12-6-3-4-7-12/h12H,3-10H2,1-2H3. The minimum Gasteiger partial charge on any atom is -0.381 e. The van der Waals surface area contributed by atoms with Crippen molar-refractivity contribution in [1.82, 2.24) is 0 Å². The first-order valence-corrected chi connectivity index (χ1v) is 6.13. The molecule has 86 valence electrons. The molecule has 0 aromatic rings. The Hall–Kier alpha value is -0.550. The molecule has 2 heteroatoms. The van der Waals surface area contributed by atoms with Crippen molar-refractivity contribution in [2.24, 2.45) is 11.3 Å². The summed E-state index contributed by atoms with van der Waals surface area (Å²) in [4.78, 5) is 0. The zero-order chi connectivity index (χ0) is 11.1. The zero-order valence-corrected chi connectivity index (χ0v) is 10.1. The van der Waals surface area contributed by atoms with Gasteiger partial charge in [0, 0.05) is 13.2 Å². The second-order valence-corrected chi connectivity index (χ2v) is 5.32. The lowest BCUT2D eigenvalue weighted by Crippen LogP contribution is -2.11. The van der Waals surface area contributed by atoms with Gasteiger partial charge in [0.05, 0.1) is 11.5 Å². The summed E-state index contributed by atoms with van der Waals surface area (Å²) >= 11 is 0. The Bertz CT molecular complexity index is 211. The van der Waals surface area contributed by atoms with Crippen molar-refractivity contribution in [3.63, 3.8) is 0 Å². The van der Waals surface area contributed by atoms with Crippen molar-refractivity contribution in [1.29, 1.82) is 5.26 Å². The lowest BCUT2D eigenvalue weighted by molar-refractivity contribution is 0.0943. The van der Waals surface area contributed by atoms with Crippen molar-refractivity contribution in [2.75, 3.05) is 13.2 Å². The molecule has 1 rings (SSSR count). The minimum absolute atomic E-state index is 0.184. The number of nitrogens with zero attached hydrogens (tertiary/aromatic N) is 1. The van der Waals surface area contributed by atoms with E-state index >= 15 is 0 Å². The van der Waals surface area contributed by atoms with Gasteiger partial charge in [-0.1, -0.05) is 12.8 Å². The van der Waals surface area contributed by atoms with Gasteiger partial charge in [-0.2, -0.15) is 5.26 Å². The van der Waals surface area contributed by atoms with Gasteiger partial charge >= 0.3 is 0 Å². The van der Waals surface area contributed by atoms with Crippen LogP contribution in [0.4, 0.5) is 0 Å². The summed E-state index contributed by atoms with van der Waals surface area (Å²) < 4.78 is 5.65. The van der Waals surface area contributed by atoms with Crippen LogP contribution in [0.3, 0.4) is 0 Å². The van der Waals surface area contributed by atoms with E-state index in [0.29, 0.717) is 0 Å². The van der Waals surface area contributed by atoms with Gasteiger partial charge in [-0.15, -0.1) is 0 Å². The first-order chi connectivity index (χ1) is 7.14. The second kappa shape index (κ2) is 6.12. The average molecular weight is 209 g/mol. The van der Waals surface area contributed by atoms with Gasteiger partial charge < -0.3 is 4.74 Å². The molecule has 0 aromatic heterocycles. The number of hydrogen-bond donors (Lipinski definition) is 0. The third kappa shape index (κ3) is 5.18. The van der Waals surface area contributed by atoms with Crippen LogP contribution in [0.1, 0.15) is 52.4 Å². The highest BCUT2D eigenvalue weighted by Gasteiger charge is 2.17. The Kier molecular flexibility index (Phi) is 5.11. The first-order valence-electron chi connectivity index (χ1n) is 6.13. The Labute approximate surface area is 93.6 Å². The van der Waals surface area contributed by atoms with Crippen LogP contribution >= 0.6 is 0 Å². The summed E-state index contributed by atoms with van der Waals surface area (Å²) in [5, 5.41) is 8.83. The number of nitriles is 1. The van der Waals surface area contributed by atoms with Gasteiger partial charge in [-0.25, -0.2) is 0 Å². The molecule has 0 spiro atoms. The molecule has 1 saturated carbocycles. The average Bonchev–Trinajstić information content (AvgIpc) is 2.70. The van der Waals surface area contributed by atoms with E-state index in [0.717, 1.165) is 32.0 Å². The Balaban J connectivity index is 1.95. The van der Waals surface area contributed by atoms with Crippen LogP contribution in [-0.2, 0) is 4.74 Å². The van der Waals surface area contributed by atoms with Crippen LogP contribution in [0, 0.1) is 22.7 Å². The summed E-state index contributed by atoms with van der Waals surface area (Å²) in [6, 6.07) is 2.32. The molecule has 0 unspecified atom stereocenters. The third-order valence-electron chi connectivity index (χ3n) is 3.22. The Morgan fingerprint density at radius 2 is 2.00 bits per heavy atom. The molecule has 1 aliphatic rings. The fraction of sp³-hybridized carbons (Fsp3) is 0.923. The van der Waals surface area contributed by atoms with Crippen LogP contribution in [0.15, 0.2) is 0 Å². The smallest absolute Gasteiger partial charge is 0.0683 e. The lowest BCUT2D eigenvalue weighted by atomic mass is 9.90. The van der Waals surface area contributed by atoms with E-state index in [1.54, 1.807) is 0 Å². The van der Waals surface area contributed by atoms with E-state index in [1.807, 2.05) is 13.8 Å². The predicted octanol–water partition coefficient (Wildman–Crippen LogP) is 3.52. The van der Waals surface area contributed by atoms with Gasteiger partial charge in [0.1, 0.15) is 0 Å². The number of ether oxygens (including phenoxy) is 1. The monoisotopic (exact) mass is 209 g/mol. The fourth-order valence-corrected chi connectivity index (χ4v) is 2.10. The van der Waals surface area contributed by atoms with Crippen LogP contribution in [-0.4, -0.2) is 13.2 Å². The van der Waals surface area contributed by atoms with Crippen molar-refractivity contribution < 1.29 is 4.74 Å². The van der Waals surface area contributed by atoms with E-state index in [9.17, 15) is 0 Å². The van der Waals surface area contributed by atoms with Gasteiger partial charge in [-0.05, 0) is 45.4 Å². The molecule has 0 aromatic carbocycles. The van der Waals surface area contributed by atoms with Crippen LogP contribution in [0.25, 0.3) is 0 Å². The maximum atomic E-state index is 8.83. The summed E-state index contributed by atoms with van der Waals surface area (Å²) in [7, 11) is 0. The van der Waals surface area contributed by atoms with Gasteiger partial charge in [-0.3, -0.25) is 0 Å². The summed E-state index contributed by atoms with van der Waals surface area (Å²) in [5.74, 6) is 0.814. The van der Waals surface area contributed by atoms with E-state index in [-0.39, 0.29) is 5.41 Å². The highest BCUT2D eigenvalue weighted by molar-refractivity contribution is 4.91. The molecule has 0 amide bonds.